The van der Waals surface area contributed by atoms with Gasteiger partial charge in [0.25, 0.3) is 0 Å². The molecule has 1 aliphatic heterocycles. The van der Waals surface area contributed by atoms with E-state index in [2.05, 4.69) is 14.7 Å². The monoisotopic (exact) mass is 349 g/mol. The third-order valence-corrected chi connectivity index (χ3v) is 3.38. The molecule has 0 bridgehead atoms. The van der Waals surface area contributed by atoms with Crippen LogP contribution < -0.4 is 16.2 Å². The molecule has 0 aliphatic carbocycles. The van der Waals surface area contributed by atoms with Crippen molar-refractivity contribution >= 4 is 17.9 Å². The Kier molecular flexibility index (Phi) is 5.81. The number of ether oxygens (including phenoxy) is 2. The number of nitrogens with two attached hydrogens (primary N) is 2. The van der Waals surface area contributed by atoms with Gasteiger partial charge in [-0.05, 0) is 38.1 Å². The van der Waals surface area contributed by atoms with E-state index in [1.165, 1.54) is 12.2 Å². The lowest BCUT2D eigenvalue weighted by molar-refractivity contribution is -0.158. The Morgan fingerprint density at radius 3 is 2.48 bits per heavy atom. The van der Waals surface area contributed by atoms with Crippen molar-refractivity contribution in [2.75, 3.05) is 20.3 Å². The van der Waals surface area contributed by atoms with Crippen LogP contribution in [-0.2, 0) is 9.57 Å². The molecule has 2 rings (SSSR count). The van der Waals surface area contributed by atoms with Crippen molar-refractivity contribution in [2.24, 2.45) is 21.5 Å². The van der Waals surface area contributed by atoms with Crippen molar-refractivity contribution in [3.8, 4) is 5.75 Å². The summed E-state index contributed by atoms with van der Waals surface area (Å²) in [4.78, 5) is 25.1. The number of nitrogens with zero attached hydrogens (tertiary/aromatic N) is 3. The Balaban J connectivity index is 1.75. The second-order valence-electron chi connectivity index (χ2n) is 5.78. The van der Waals surface area contributed by atoms with Crippen LogP contribution in [0.3, 0.4) is 0 Å². The maximum atomic E-state index is 11.4. The first-order valence-corrected chi connectivity index (χ1v) is 7.77. The molecule has 0 aromatic heterocycles. The molecule has 0 saturated heterocycles. The number of hydrogen-bond acceptors (Lipinski definition) is 9. The Morgan fingerprint density at radius 1 is 1.20 bits per heavy atom. The Labute approximate surface area is 146 Å². The summed E-state index contributed by atoms with van der Waals surface area (Å²) in [6, 6.07) is 6.72. The molecule has 0 spiro atoms. The summed E-state index contributed by atoms with van der Waals surface area (Å²) in [7, 11) is 1.34. The van der Waals surface area contributed by atoms with Gasteiger partial charge in [-0.2, -0.15) is 10.1 Å². The fraction of sp³-hybridized carbons (Fsp3) is 0.438. The number of hydrogen-bond donors (Lipinski definition) is 2. The second-order valence-corrected chi connectivity index (χ2v) is 5.78. The van der Waals surface area contributed by atoms with E-state index in [1.54, 1.807) is 24.3 Å². The fourth-order valence-electron chi connectivity index (χ4n) is 2.23. The van der Waals surface area contributed by atoms with Crippen LogP contribution in [0, 0.1) is 0 Å². The maximum Gasteiger partial charge on any atom is 0.337 e. The summed E-state index contributed by atoms with van der Waals surface area (Å²) in [6.07, 6.45) is 0.623. The Hall–Kier alpha value is -2.81. The van der Waals surface area contributed by atoms with E-state index < -0.39 is 5.66 Å². The summed E-state index contributed by atoms with van der Waals surface area (Å²) in [6.45, 7) is 4.45. The van der Waals surface area contributed by atoms with Gasteiger partial charge in [-0.15, -0.1) is 0 Å². The minimum Gasteiger partial charge on any atom is -0.494 e. The Bertz CT molecular complexity index is 670. The zero-order valence-electron chi connectivity index (χ0n) is 14.6. The van der Waals surface area contributed by atoms with Crippen LogP contribution in [-0.4, -0.2) is 48.9 Å². The minimum absolute atomic E-state index is 0.126. The summed E-state index contributed by atoms with van der Waals surface area (Å²) in [5.74, 6) is 0.564. The van der Waals surface area contributed by atoms with E-state index >= 15 is 0 Å². The van der Waals surface area contributed by atoms with Crippen molar-refractivity contribution in [3.05, 3.63) is 29.8 Å². The van der Waals surface area contributed by atoms with Crippen molar-refractivity contribution in [1.82, 2.24) is 5.06 Å². The molecule has 0 unspecified atom stereocenters. The van der Waals surface area contributed by atoms with Crippen LogP contribution in [0.4, 0.5) is 0 Å². The summed E-state index contributed by atoms with van der Waals surface area (Å²) in [5, 5.41) is 1.43. The normalized spacial score (nSPS) is 16.0. The molecule has 0 saturated carbocycles. The summed E-state index contributed by atoms with van der Waals surface area (Å²) in [5.41, 5.74) is 11.2. The number of aliphatic imine (C=N–C) groups is 2. The third-order valence-electron chi connectivity index (χ3n) is 3.38. The third kappa shape index (κ3) is 4.83. The molecule has 9 nitrogen and oxygen atoms in total. The average Bonchev–Trinajstić information content (AvgIpc) is 2.55. The van der Waals surface area contributed by atoms with E-state index in [4.69, 9.17) is 21.0 Å². The summed E-state index contributed by atoms with van der Waals surface area (Å²) >= 11 is 0. The van der Waals surface area contributed by atoms with Gasteiger partial charge in [-0.3, -0.25) is 4.84 Å². The van der Waals surface area contributed by atoms with Crippen LogP contribution in [0.1, 0.15) is 30.6 Å². The van der Waals surface area contributed by atoms with Crippen molar-refractivity contribution in [1.29, 1.82) is 0 Å². The van der Waals surface area contributed by atoms with Gasteiger partial charge < -0.3 is 20.9 Å². The lowest BCUT2D eigenvalue weighted by Gasteiger charge is -2.36. The molecule has 0 atom stereocenters. The van der Waals surface area contributed by atoms with Gasteiger partial charge in [-0.1, -0.05) is 0 Å². The van der Waals surface area contributed by atoms with Gasteiger partial charge in [-0.25, -0.2) is 9.79 Å². The molecule has 9 heteroatoms. The molecule has 4 N–H and O–H groups in total. The van der Waals surface area contributed by atoms with E-state index in [1.807, 2.05) is 13.8 Å². The standard InChI is InChI=1S/C16H23N5O4/c1-16(2)20-14(17)19-15(18)21(16)25-10-4-9-24-12-7-5-11(6-8-12)13(22)23-3/h5-8H,4,9-10H2,1-3H3,(H4,17,18,19,20). The van der Waals surface area contributed by atoms with Gasteiger partial charge >= 0.3 is 5.97 Å². The van der Waals surface area contributed by atoms with Crippen LogP contribution in [0.15, 0.2) is 34.3 Å². The molecule has 25 heavy (non-hydrogen) atoms. The van der Waals surface area contributed by atoms with E-state index in [-0.39, 0.29) is 17.9 Å². The van der Waals surface area contributed by atoms with Crippen molar-refractivity contribution < 1.29 is 19.1 Å². The predicted molar refractivity (Wildman–Crippen MR) is 93.0 cm³/mol. The highest BCUT2D eigenvalue weighted by atomic mass is 16.7. The topological polar surface area (TPSA) is 125 Å². The van der Waals surface area contributed by atoms with Crippen LogP contribution in [0.5, 0.6) is 5.75 Å². The molecule has 0 radical (unpaired) electrons. The van der Waals surface area contributed by atoms with E-state index in [9.17, 15) is 4.79 Å². The fourth-order valence-corrected chi connectivity index (χ4v) is 2.23. The van der Waals surface area contributed by atoms with Crippen molar-refractivity contribution in [3.63, 3.8) is 0 Å². The van der Waals surface area contributed by atoms with Crippen LogP contribution >= 0.6 is 0 Å². The maximum absolute atomic E-state index is 11.4. The summed E-state index contributed by atoms with van der Waals surface area (Å²) < 4.78 is 10.2. The van der Waals surface area contributed by atoms with Crippen molar-refractivity contribution in [2.45, 2.75) is 25.9 Å². The molecule has 1 aromatic rings. The Morgan fingerprint density at radius 2 is 1.88 bits per heavy atom. The molecule has 1 aliphatic rings. The highest BCUT2D eigenvalue weighted by molar-refractivity contribution is 5.95. The van der Waals surface area contributed by atoms with E-state index in [0.29, 0.717) is 30.9 Å². The second kappa shape index (κ2) is 7.84. The smallest absolute Gasteiger partial charge is 0.337 e. The predicted octanol–water partition coefficient (Wildman–Crippen LogP) is 0.855. The zero-order valence-corrected chi connectivity index (χ0v) is 14.6. The lowest BCUT2D eigenvalue weighted by atomic mass is 10.2. The number of carbonyl (C=O) groups is 1. The number of carbonyl (C=O) groups excluding carboxylic acids is 1. The van der Waals surface area contributed by atoms with Gasteiger partial charge in [0.05, 0.1) is 25.9 Å². The number of rotatable bonds is 7. The van der Waals surface area contributed by atoms with Gasteiger partial charge in [0.15, 0.2) is 5.66 Å². The quantitative estimate of drug-likeness (QED) is 0.552. The largest absolute Gasteiger partial charge is 0.494 e. The number of hydroxylamine groups is 2. The molecular formula is C16H23N5O4. The first-order chi connectivity index (χ1) is 11.8. The van der Waals surface area contributed by atoms with Crippen LogP contribution in [0.2, 0.25) is 0 Å². The molecule has 136 valence electrons. The number of guanidine groups is 2. The van der Waals surface area contributed by atoms with Gasteiger partial charge in [0.2, 0.25) is 11.9 Å². The number of benzene rings is 1. The molecule has 1 heterocycles. The highest BCUT2D eigenvalue weighted by Gasteiger charge is 2.32. The first kappa shape index (κ1) is 18.5. The molecular weight excluding hydrogens is 326 g/mol. The SMILES string of the molecule is COC(=O)c1ccc(OCCCON2C(N)=NC(N)=NC2(C)C)cc1. The van der Waals surface area contributed by atoms with Crippen LogP contribution in [0.25, 0.3) is 0 Å². The molecule has 0 amide bonds. The van der Waals surface area contributed by atoms with E-state index in [0.717, 1.165) is 0 Å². The highest BCUT2D eigenvalue weighted by Crippen LogP contribution is 2.20. The average molecular weight is 349 g/mol. The molecule has 1 aromatic carbocycles. The van der Waals surface area contributed by atoms with Gasteiger partial charge in [0.1, 0.15) is 5.75 Å². The lowest BCUT2D eigenvalue weighted by Crippen LogP contribution is -2.53. The first-order valence-electron chi connectivity index (χ1n) is 7.77. The molecule has 0 fully saturated rings. The number of esters is 1. The van der Waals surface area contributed by atoms with Gasteiger partial charge in [0, 0.05) is 6.42 Å². The number of methoxy groups -OCH3 is 1. The minimum atomic E-state index is -0.722. The zero-order chi connectivity index (χ0) is 18.4.